The van der Waals surface area contributed by atoms with Crippen molar-refractivity contribution in [3.8, 4) is 0 Å². The topological polar surface area (TPSA) is 34.0 Å². The molecule has 2 aliphatic heterocycles. The number of nitrogens with zero attached hydrogens (tertiary/aromatic N) is 1. The predicted molar refractivity (Wildman–Crippen MR) is 66.7 cm³/mol. The zero-order valence-corrected chi connectivity index (χ0v) is 10.4. The molecule has 2 aliphatic rings. The molecule has 0 aromatic carbocycles. The summed E-state index contributed by atoms with van der Waals surface area (Å²) in [6.07, 6.45) is 1.16. The summed E-state index contributed by atoms with van der Waals surface area (Å²) in [7, 11) is 0. The van der Waals surface area contributed by atoms with Gasteiger partial charge >= 0.3 is 0 Å². The van der Waals surface area contributed by atoms with E-state index in [0.717, 1.165) is 36.8 Å². The maximum absolute atomic E-state index is 11.7. The number of aromatic nitrogens is 1. The van der Waals surface area contributed by atoms with Crippen molar-refractivity contribution in [1.29, 1.82) is 0 Å². The summed E-state index contributed by atoms with van der Waals surface area (Å²) < 4.78 is 1.86. The van der Waals surface area contributed by atoms with Gasteiger partial charge in [-0.3, -0.25) is 4.79 Å². The predicted octanol–water partition coefficient (Wildman–Crippen LogP) is 1.63. The Morgan fingerprint density at radius 1 is 1.38 bits per heavy atom. The Kier molecular flexibility index (Phi) is 3.29. The highest BCUT2D eigenvalue weighted by Gasteiger charge is 2.32. The van der Waals surface area contributed by atoms with Crippen LogP contribution in [0.3, 0.4) is 0 Å². The molecule has 3 nitrogen and oxygen atoms in total. The van der Waals surface area contributed by atoms with Gasteiger partial charge < -0.3 is 9.88 Å². The molecular weight excluding hydrogens is 247 g/mol. The van der Waals surface area contributed by atoms with Crippen LogP contribution in [0.2, 0.25) is 5.02 Å². The first-order valence-corrected chi connectivity index (χ1v) is 5.73. The molecule has 1 N–H and O–H groups in total. The Hall–Kier alpha value is -0.510. The van der Waals surface area contributed by atoms with Gasteiger partial charge in [-0.2, -0.15) is 0 Å². The molecule has 0 spiro atoms. The van der Waals surface area contributed by atoms with Gasteiger partial charge in [0.1, 0.15) is 0 Å². The standard InChI is InChI=1S/C11H13ClN2O.ClH/c12-9-1-2-10(15)14-6-7-3-8(11(9)14)5-13-4-7;/h1-2,7-8,13H,3-6H2;1H. The molecule has 0 saturated carbocycles. The molecule has 1 saturated heterocycles. The average Bonchev–Trinajstić information content (AvgIpc) is 2.24. The summed E-state index contributed by atoms with van der Waals surface area (Å²) in [5.74, 6) is 1.01. The zero-order valence-electron chi connectivity index (χ0n) is 8.78. The monoisotopic (exact) mass is 260 g/mol. The molecule has 0 radical (unpaired) electrons. The molecule has 16 heavy (non-hydrogen) atoms. The molecule has 2 bridgehead atoms. The van der Waals surface area contributed by atoms with E-state index in [-0.39, 0.29) is 18.0 Å². The highest BCUT2D eigenvalue weighted by molar-refractivity contribution is 6.31. The summed E-state index contributed by atoms with van der Waals surface area (Å²) >= 11 is 6.17. The van der Waals surface area contributed by atoms with E-state index in [4.69, 9.17) is 11.6 Å². The third-order valence-electron chi connectivity index (χ3n) is 3.44. The lowest BCUT2D eigenvalue weighted by molar-refractivity contribution is 0.257. The number of nitrogens with one attached hydrogen (secondary N) is 1. The maximum Gasteiger partial charge on any atom is 0.250 e. The van der Waals surface area contributed by atoms with Gasteiger partial charge in [0.15, 0.2) is 0 Å². The molecule has 0 aliphatic carbocycles. The second-order valence-electron chi connectivity index (χ2n) is 4.47. The fourth-order valence-electron chi connectivity index (χ4n) is 2.81. The van der Waals surface area contributed by atoms with Gasteiger partial charge in [-0.25, -0.2) is 0 Å². The first-order chi connectivity index (χ1) is 7.25. The molecule has 2 atom stereocenters. The van der Waals surface area contributed by atoms with Crippen LogP contribution in [0.1, 0.15) is 18.0 Å². The molecule has 3 heterocycles. The maximum atomic E-state index is 11.7. The van der Waals surface area contributed by atoms with Gasteiger partial charge in [-0.1, -0.05) is 11.6 Å². The quantitative estimate of drug-likeness (QED) is 0.770. The molecular formula is C11H14Cl2N2O. The SMILES string of the molecule is Cl.O=c1ccc(Cl)c2n1CC1CNCC2C1. The minimum Gasteiger partial charge on any atom is -0.316 e. The Morgan fingerprint density at radius 3 is 3.00 bits per heavy atom. The second kappa shape index (κ2) is 4.40. The van der Waals surface area contributed by atoms with Gasteiger partial charge in [-0.05, 0) is 24.9 Å². The zero-order chi connectivity index (χ0) is 10.4. The van der Waals surface area contributed by atoms with Gasteiger partial charge in [0.25, 0.3) is 5.56 Å². The third kappa shape index (κ3) is 1.77. The molecule has 1 aromatic heterocycles. The van der Waals surface area contributed by atoms with Gasteiger partial charge in [-0.15, -0.1) is 12.4 Å². The highest BCUT2D eigenvalue weighted by atomic mass is 35.5. The normalized spacial score (nSPS) is 26.8. The van der Waals surface area contributed by atoms with Crippen molar-refractivity contribution in [2.75, 3.05) is 13.1 Å². The second-order valence-corrected chi connectivity index (χ2v) is 4.88. The summed E-state index contributed by atoms with van der Waals surface area (Å²) in [5.41, 5.74) is 1.12. The van der Waals surface area contributed by atoms with Crippen LogP contribution in [0.4, 0.5) is 0 Å². The minimum atomic E-state index is 0. The van der Waals surface area contributed by atoms with Crippen molar-refractivity contribution in [3.63, 3.8) is 0 Å². The van der Waals surface area contributed by atoms with E-state index in [0.29, 0.717) is 11.8 Å². The van der Waals surface area contributed by atoms with E-state index in [1.54, 1.807) is 12.1 Å². The Bertz CT molecular complexity index is 458. The summed E-state index contributed by atoms with van der Waals surface area (Å²) in [6, 6.07) is 3.30. The van der Waals surface area contributed by atoms with Crippen LogP contribution >= 0.6 is 24.0 Å². The first kappa shape index (κ1) is 12.0. The minimum absolute atomic E-state index is 0. The Morgan fingerprint density at radius 2 is 2.19 bits per heavy atom. The Balaban J connectivity index is 0.000000963. The number of pyridine rings is 1. The van der Waals surface area contributed by atoms with Crippen LogP contribution in [0.5, 0.6) is 0 Å². The molecule has 2 unspecified atom stereocenters. The molecule has 1 aromatic rings. The average molecular weight is 261 g/mol. The number of halogens is 2. The smallest absolute Gasteiger partial charge is 0.250 e. The molecule has 1 fully saturated rings. The van der Waals surface area contributed by atoms with Crippen molar-refractivity contribution in [3.05, 3.63) is 33.2 Å². The molecule has 0 amide bonds. The van der Waals surface area contributed by atoms with Gasteiger partial charge in [0.2, 0.25) is 0 Å². The molecule has 5 heteroatoms. The van der Waals surface area contributed by atoms with Crippen LogP contribution in [-0.4, -0.2) is 17.7 Å². The summed E-state index contributed by atoms with van der Waals surface area (Å²) in [5, 5.41) is 4.14. The number of hydrogen-bond donors (Lipinski definition) is 1. The number of rotatable bonds is 0. The van der Waals surface area contributed by atoms with Crippen molar-refractivity contribution < 1.29 is 0 Å². The first-order valence-electron chi connectivity index (χ1n) is 5.35. The summed E-state index contributed by atoms with van der Waals surface area (Å²) in [6.45, 7) is 2.78. The van der Waals surface area contributed by atoms with E-state index in [1.807, 2.05) is 4.57 Å². The molecule has 88 valence electrons. The largest absolute Gasteiger partial charge is 0.316 e. The fourth-order valence-corrected chi connectivity index (χ4v) is 3.13. The van der Waals surface area contributed by atoms with Gasteiger partial charge in [0.05, 0.1) is 5.02 Å². The Labute approximate surface area is 105 Å². The highest BCUT2D eigenvalue weighted by Crippen LogP contribution is 2.35. The van der Waals surface area contributed by atoms with Crippen LogP contribution in [0.15, 0.2) is 16.9 Å². The van der Waals surface area contributed by atoms with E-state index < -0.39 is 0 Å². The van der Waals surface area contributed by atoms with E-state index in [1.165, 1.54) is 0 Å². The van der Waals surface area contributed by atoms with E-state index in [9.17, 15) is 4.79 Å². The lowest BCUT2D eigenvalue weighted by atomic mass is 9.84. The lowest BCUT2D eigenvalue weighted by Crippen LogP contribution is -2.44. The van der Waals surface area contributed by atoms with Gasteiger partial charge in [0, 0.05) is 30.8 Å². The third-order valence-corrected chi connectivity index (χ3v) is 3.76. The van der Waals surface area contributed by atoms with Crippen molar-refractivity contribution in [1.82, 2.24) is 9.88 Å². The van der Waals surface area contributed by atoms with Crippen molar-refractivity contribution >= 4 is 24.0 Å². The van der Waals surface area contributed by atoms with E-state index >= 15 is 0 Å². The number of hydrogen-bond acceptors (Lipinski definition) is 2. The van der Waals surface area contributed by atoms with Crippen LogP contribution < -0.4 is 10.9 Å². The van der Waals surface area contributed by atoms with Crippen LogP contribution in [0.25, 0.3) is 0 Å². The van der Waals surface area contributed by atoms with Crippen molar-refractivity contribution in [2.45, 2.75) is 18.9 Å². The van der Waals surface area contributed by atoms with Crippen molar-refractivity contribution in [2.24, 2.45) is 5.92 Å². The fraction of sp³-hybridized carbons (Fsp3) is 0.545. The summed E-state index contributed by atoms with van der Waals surface area (Å²) in [4.78, 5) is 11.7. The number of piperidine rings is 1. The number of fused-ring (bicyclic) bond motifs is 4. The van der Waals surface area contributed by atoms with E-state index in [2.05, 4.69) is 5.32 Å². The van der Waals surface area contributed by atoms with Crippen LogP contribution in [0, 0.1) is 5.92 Å². The lowest BCUT2D eigenvalue weighted by Gasteiger charge is -2.37. The molecule has 3 rings (SSSR count). The van der Waals surface area contributed by atoms with Crippen LogP contribution in [-0.2, 0) is 6.54 Å².